The molecular weight excluding hydrogens is 269 g/mol. The van der Waals surface area contributed by atoms with Crippen molar-refractivity contribution in [2.75, 3.05) is 0 Å². The average Bonchev–Trinajstić information content (AvgIpc) is 2.39. The molecule has 1 aromatic heterocycles. The summed E-state index contributed by atoms with van der Waals surface area (Å²) in [5.74, 6) is 5.60. The van der Waals surface area contributed by atoms with E-state index in [2.05, 4.69) is 10.4 Å². The Bertz CT molecular complexity index is 514. The molecular formula is C13H13Cl2N3. The Kier molecular flexibility index (Phi) is 4.55. The van der Waals surface area contributed by atoms with Crippen LogP contribution >= 0.6 is 23.2 Å². The highest BCUT2D eigenvalue weighted by Crippen LogP contribution is 2.23. The van der Waals surface area contributed by atoms with Gasteiger partial charge < -0.3 is 0 Å². The number of halogens is 2. The van der Waals surface area contributed by atoms with E-state index < -0.39 is 0 Å². The zero-order chi connectivity index (χ0) is 13.0. The van der Waals surface area contributed by atoms with Crippen LogP contribution in [0.4, 0.5) is 0 Å². The van der Waals surface area contributed by atoms with E-state index in [1.807, 2.05) is 30.3 Å². The Morgan fingerprint density at radius 1 is 1.17 bits per heavy atom. The van der Waals surface area contributed by atoms with E-state index in [1.54, 1.807) is 12.4 Å². The van der Waals surface area contributed by atoms with Gasteiger partial charge in [0.25, 0.3) is 0 Å². The Balaban J connectivity index is 2.20. The van der Waals surface area contributed by atoms with Crippen LogP contribution in [0.1, 0.15) is 17.2 Å². The Morgan fingerprint density at radius 2 is 1.89 bits per heavy atom. The molecule has 1 unspecified atom stereocenters. The van der Waals surface area contributed by atoms with E-state index in [9.17, 15) is 0 Å². The molecule has 3 N–H and O–H groups in total. The third-order valence-electron chi connectivity index (χ3n) is 2.75. The lowest BCUT2D eigenvalue weighted by atomic mass is 10.0. The van der Waals surface area contributed by atoms with Crippen molar-refractivity contribution in [3.05, 3.63) is 63.9 Å². The Morgan fingerprint density at radius 3 is 2.50 bits per heavy atom. The normalized spacial score (nSPS) is 12.4. The molecule has 5 heteroatoms. The summed E-state index contributed by atoms with van der Waals surface area (Å²) in [6, 6.07) is 9.46. The predicted octanol–water partition coefficient (Wildman–Crippen LogP) is 3.14. The molecule has 0 aliphatic heterocycles. The van der Waals surface area contributed by atoms with Crippen LogP contribution < -0.4 is 11.3 Å². The fourth-order valence-corrected chi connectivity index (χ4v) is 2.08. The number of aromatic nitrogens is 1. The first-order valence-electron chi connectivity index (χ1n) is 5.50. The van der Waals surface area contributed by atoms with Crippen LogP contribution in [0.25, 0.3) is 0 Å². The quantitative estimate of drug-likeness (QED) is 0.669. The van der Waals surface area contributed by atoms with E-state index in [0.29, 0.717) is 16.5 Å². The molecule has 0 aliphatic carbocycles. The van der Waals surface area contributed by atoms with Gasteiger partial charge in [0.2, 0.25) is 0 Å². The van der Waals surface area contributed by atoms with Gasteiger partial charge in [-0.15, -0.1) is 0 Å². The Labute approximate surface area is 116 Å². The fraction of sp³-hybridized carbons (Fsp3) is 0.154. The summed E-state index contributed by atoms with van der Waals surface area (Å²) in [5.41, 5.74) is 4.86. The minimum absolute atomic E-state index is 0.0119. The molecule has 3 nitrogen and oxygen atoms in total. The molecule has 2 rings (SSSR count). The number of hydrogen-bond donors (Lipinski definition) is 2. The van der Waals surface area contributed by atoms with Crippen molar-refractivity contribution in [1.29, 1.82) is 0 Å². The maximum atomic E-state index is 6.09. The highest BCUT2D eigenvalue weighted by atomic mass is 35.5. The van der Waals surface area contributed by atoms with Crippen LogP contribution in [0.5, 0.6) is 0 Å². The maximum absolute atomic E-state index is 6.09. The van der Waals surface area contributed by atoms with Crippen LogP contribution in [-0.2, 0) is 6.42 Å². The van der Waals surface area contributed by atoms with Gasteiger partial charge in [-0.3, -0.25) is 16.3 Å². The molecule has 0 amide bonds. The number of nitrogens with one attached hydrogen (secondary N) is 1. The van der Waals surface area contributed by atoms with Crippen molar-refractivity contribution in [1.82, 2.24) is 10.4 Å². The molecule has 1 aromatic carbocycles. The van der Waals surface area contributed by atoms with Gasteiger partial charge in [0.1, 0.15) is 0 Å². The molecule has 18 heavy (non-hydrogen) atoms. The van der Waals surface area contributed by atoms with E-state index in [4.69, 9.17) is 29.0 Å². The molecule has 0 spiro atoms. The molecule has 0 saturated heterocycles. The van der Waals surface area contributed by atoms with Crippen LogP contribution in [0.15, 0.2) is 42.7 Å². The molecule has 0 fully saturated rings. The standard InChI is InChI=1S/C13H13Cl2N3/c14-11-3-1-9(2-4-11)13(18-16)7-10-5-6-17-8-12(10)15/h1-6,8,13,18H,7,16H2. The highest BCUT2D eigenvalue weighted by Gasteiger charge is 2.12. The topological polar surface area (TPSA) is 50.9 Å². The summed E-state index contributed by atoms with van der Waals surface area (Å²) < 4.78 is 0. The minimum atomic E-state index is -0.0119. The lowest BCUT2D eigenvalue weighted by molar-refractivity contribution is 0.552. The van der Waals surface area contributed by atoms with Gasteiger partial charge in [0.05, 0.1) is 11.1 Å². The van der Waals surface area contributed by atoms with Crippen molar-refractivity contribution in [3.8, 4) is 0 Å². The second kappa shape index (κ2) is 6.16. The molecule has 2 aromatic rings. The van der Waals surface area contributed by atoms with E-state index in [-0.39, 0.29) is 6.04 Å². The number of nitrogens with zero attached hydrogens (tertiary/aromatic N) is 1. The molecule has 0 saturated carbocycles. The van der Waals surface area contributed by atoms with Crippen molar-refractivity contribution in [2.24, 2.45) is 5.84 Å². The van der Waals surface area contributed by atoms with Crippen molar-refractivity contribution in [2.45, 2.75) is 12.5 Å². The number of pyridine rings is 1. The number of benzene rings is 1. The van der Waals surface area contributed by atoms with Gasteiger partial charge in [-0.25, -0.2) is 0 Å². The predicted molar refractivity (Wildman–Crippen MR) is 74.5 cm³/mol. The van der Waals surface area contributed by atoms with Crippen LogP contribution in [0.2, 0.25) is 10.0 Å². The summed E-state index contributed by atoms with van der Waals surface area (Å²) in [5, 5.41) is 1.35. The van der Waals surface area contributed by atoms with Gasteiger partial charge >= 0.3 is 0 Å². The number of nitrogens with two attached hydrogens (primary N) is 1. The summed E-state index contributed by atoms with van der Waals surface area (Å²) in [4.78, 5) is 3.96. The minimum Gasteiger partial charge on any atom is -0.271 e. The lowest BCUT2D eigenvalue weighted by Gasteiger charge is -2.17. The largest absolute Gasteiger partial charge is 0.271 e. The lowest BCUT2D eigenvalue weighted by Crippen LogP contribution is -2.29. The smallest absolute Gasteiger partial charge is 0.0622 e. The zero-order valence-electron chi connectivity index (χ0n) is 9.61. The SMILES string of the molecule is NNC(Cc1ccncc1Cl)c1ccc(Cl)cc1. The van der Waals surface area contributed by atoms with Crippen LogP contribution in [0.3, 0.4) is 0 Å². The fourth-order valence-electron chi connectivity index (χ4n) is 1.76. The second-order valence-electron chi connectivity index (χ2n) is 3.94. The monoisotopic (exact) mass is 281 g/mol. The average molecular weight is 282 g/mol. The van der Waals surface area contributed by atoms with Gasteiger partial charge in [0.15, 0.2) is 0 Å². The van der Waals surface area contributed by atoms with E-state index >= 15 is 0 Å². The summed E-state index contributed by atoms with van der Waals surface area (Å²) in [7, 11) is 0. The zero-order valence-corrected chi connectivity index (χ0v) is 11.1. The first kappa shape index (κ1) is 13.3. The third-order valence-corrected chi connectivity index (χ3v) is 3.35. The summed E-state index contributed by atoms with van der Waals surface area (Å²) in [6.07, 6.45) is 4.04. The van der Waals surface area contributed by atoms with E-state index in [0.717, 1.165) is 11.1 Å². The highest BCUT2D eigenvalue weighted by molar-refractivity contribution is 6.31. The van der Waals surface area contributed by atoms with Crippen molar-refractivity contribution >= 4 is 23.2 Å². The van der Waals surface area contributed by atoms with Crippen LogP contribution in [-0.4, -0.2) is 4.98 Å². The number of hydrazine groups is 1. The van der Waals surface area contributed by atoms with Crippen molar-refractivity contribution < 1.29 is 0 Å². The second-order valence-corrected chi connectivity index (χ2v) is 4.79. The molecule has 0 bridgehead atoms. The van der Waals surface area contributed by atoms with Gasteiger partial charge in [-0.05, 0) is 35.7 Å². The molecule has 0 radical (unpaired) electrons. The Hall–Kier alpha value is -1.13. The van der Waals surface area contributed by atoms with Gasteiger partial charge in [-0.1, -0.05) is 35.3 Å². The molecule has 1 atom stereocenters. The summed E-state index contributed by atoms with van der Waals surface area (Å²) >= 11 is 11.9. The van der Waals surface area contributed by atoms with Gasteiger partial charge in [0, 0.05) is 17.4 Å². The molecule has 1 heterocycles. The van der Waals surface area contributed by atoms with Gasteiger partial charge in [-0.2, -0.15) is 0 Å². The summed E-state index contributed by atoms with van der Waals surface area (Å²) in [6.45, 7) is 0. The number of hydrogen-bond acceptors (Lipinski definition) is 3. The first-order valence-corrected chi connectivity index (χ1v) is 6.26. The third kappa shape index (κ3) is 3.21. The first-order chi connectivity index (χ1) is 8.70. The van der Waals surface area contributed by atoms with Crippen molar-refractivity contribution in [3.63, 3.8) is 0 Å². The van der Waals surface area contributed by atoms with Crippen LogP contribution in [0, 0.1) is 0 Å². The molecule has 94 valence electrons. The molecule has 0 aliphatic rings. The maximum Gasteiger partial charge on any atom is 0.0622 e. The number of rotatable bonds is 4. The van der Waals surface area contributed by atoms with E-state index in [1.165, 1.54) is 0 Å².